The van der Waals surface area contributed by atoms with Crippen LogP contribution in [0.25, 0.3) is 0 Å². The van der Waals surface area contributed by atoms with Crippen LogP contribution in [0.1, 0.15) is 26.7 Å². The van der Waals surface area contributed by atoms with E-state index in [9.17, 15) is 4.39 Å². The van der Waals surface area contributed by atoms with E-state index < -0.39 is 0 Å². The predicted molar refractivity (Wildman–Crippen MR) is 77.6 cm³/mol. The lowest BCUT2D eigenvalue weighted by atomic mass is 10.0. The van der Waals surface area contributed by atoms with Crippen molar-refractivity contribution in [3.05, 3.63) is 28.5 Å². The van der Waals surface area contributed by atoms with Gasteiger partial charge in [-0.1, -0.05) is 29.8 Å². The number of hydrogen-bond donors (Lipinski definition) is 1. The van der Waals surface area contributed by atoms with Crippen molar-refractivity contribution < 1.29 is 4.39 Å². The summed E-state index contributed by atoms with van der Waals surface area (Å²) in [5.41, 5.74) is 0.727. The Morgan fingerprint density at radius 2 is 2.17 bits per heavy atom. The summed E-state index contributed by atoms with van der Waals surface area (Å²) in [6.07, 6.45) is 2.10. The molecule has 1 saturated heterocycles. The molecule has 0 bridgehead atoms. The smallest absolute Gasteiger partial charge is 0.147 e. The highest BCUT2D eigenvalue weighted by Gasteiger charge is 2.27. The molecule has 1 aromatic rings. The van der Waals surface area contributed by atoms with Gasteiger partial charge in [0.15, 0.2) is 0 Å². The molecule has 1 aliphatic rings. The van der Waals surface area contributed by atoms with Gasteiger partial charge < -0.3 is 10.2 Å². The largest absolute Gasteiger partial charge is 0.363 e. The Kier molecular flexibility index (Phi) is 4.62. The van der Waals surface area contributed by atoms with Crippen LogP contribution in [0.2, 0.25) is 0 Å². The van der Waals surface area contributed by atoms with Crippen molar-refractivity contribution in [2.75, 3.05) is 18.0 Å². The van der Waals surface area contributed by atoms with Crippen LogP contribution in [0, 0.1) is 5.82 Å². The minimum atomic E-state index is -0.139. The number of halogens is 2. The molecule has 0 amide bonds. The van der Waals surface area contributed by atoms with E-state index in [1.165, 1.54) is 0 Å². The van der Waals surface area contributed by atoms with E-state index in [2.05, 4.69) is 40.0 Å². The highest BCUT2D eigenvalue weighted by molar-refractivity contribution is 9.10. The standard InChI is InChI=1S/C14H20BrFN2/c1-3-11-9-18(12(4-2)8-17-11)14-6-5-10(15)7-13(14)16/h5-7,11-12,17H,3-4,8-9H2,1-2H3. The van der Waals surface area contributed by atoms with E-state index >= 15 is 0 Å². The molecule has 1 aliphatic heterocycles. The van der Waals surface area contributed by atoms with Gasteiger partial charge in [-0.2, -0.15) is 0 Å². The number of piperazine rings is 1. The third kappa shape index (κ3) is 2.86. The fraction of sp³-hybridized carbons (Fsp3) is 0.571. The van der Waals surface area contributed by atoms with Crippen molar-refractivity contribution in [2.24, 2.45) is 0 Å². The number of nitrogens with zero attached hydrogens (tertiary/aromatic N) is 1. The van der Waals surface area contributed by atoms with Crippen LogP contribution >= 0.6 is 15.9 Å². The van der Waals surface area contributed by atoms with Crippen molar-refractivity contribution in [3.8, 4) is 0 Å². The Morgan fingerprint density at radius 3 is 2.78 bits per heavy atom. The van der Waals surface area contributed by atoms with Gasteiger partial charge in [0.25, 0.3) is 0 Å². The quantitative estimate of drug-likeness (QED) is 0.917. The molecule has 2 unspecified atom stereocenters. The zero-order chi connectivity index (χ0) is 13.1. The van der Waals surface area contributed by atoms with E-state index in [1.807, 2.05) is 12.1 Å². The van der Waals surface area contributed by atoms with E-state index in [4.69, 9.17) is 0 Å². The van der Waals surface area contributed by atoms with Crippen molar-refractivity contribution in [3.63, 3.8) is 0 Å². The van der Waals surface area contributed by atoms with Gasteiger partial charge in [-0.3, -0.25) is 0 Å². The minimum absolute atomic E-state index is 0.139. The van der Waals surface area contributed by atoms with Crippen molar-refractivity contribution in [1.82, 2.24) is 5.32 Å². The van der Waals surface area contributed by atoms with Gasteiger partial charge in [-0.15, -0.1) is 0 Å². The van der Waals surface area contributed by atoms with Crippen LogP contribution in [0.5, 0.6) is 0 Å². The Hall–Kier alpha value is -0.610. The second-order valence-electron chi connectivity index (χ2n) is 4.82. The molecule has 18 heavy (non-hydrogen) atoms. The molecule has 0 spiro atoms. The molecule has 0 radical (unpaired) electrons. The maximum Gasteiger partial charge on any atom is 0.147 e. The maximum absolute atomic E-state index is 14.1. The monoisotopic (exact) mass is 314 g/mol. The SMILES string of the molecule is CCC1CN(c2ccc(Br)cc2F)C(CC)CN1. The molecule has 1 fully saturated rings. The lowest BCUT2D eigenvalue weighted by molar-refractivity contribution is 0.375. The molecule has 2 rings (SSSR count). The van der Waals surface area contributed by atoms with Gasteiger partial charge in [0, 0.05) is 29.6 Å². The summed E-state index contributed by atoms with van der Waals surface area (Å²) in [7, 11) is 0. The molecule has 4 heteroatoms. The van der Waals surface area contributed by atoms with E-state index in [-0.39, 0.29) is 5.82 Å². The second kappa shape index (κ2) is 6.02. The molecule has 0 saturated carbocycles. The molecule has 2 nitrogen and oxygen atoms in total. The first-order valence-corrected chi connectivity index (χ1v) is 7.40. The maximum atomic E-state index is 14.1. The Morgan fingerprint density at radius 1 is 1.39 bits per heavy atom. The second-order valence-corrected chi connectivity index (χ2v) is 5.74. The van der Waals surface area contributed by atoms with E-state index in [0.29, 0.717) is 12.1 Å². The summed E-state index contributed by atoms with van der Waals surface area (Å²) in [5, 5.41) is 3.53. The molecule has 0 aliphatic carbocycles. The normalized spacial score (nSPS) is 24.3. The average Bonchev–Trinajstić information content (AvgIpc) is 2.38. The van der Waals surface area contributed by atoms with Crippen LogP contribution in [0.3, 0.4) is 0 Å². The zero-order valence-corrected chi connectivity index (χ0v) is 12.5. The number of benzene rings is 1. The number of anilines is 1. The first-order chi connectivity index (χ1) is 8.65. The Bertz CT molecular complexity index is 411. The third-order valence-electron chi connectivity index (χ3n) is 3.68. The van der Waals surface area contributed by atoms with Crippen LogP contribution < -0.4 is 10.2 Å². The lowest BCUT2D eigenvalue weighted by Gasteiger charge is -2.41. The first kappa shape index (κ1) is 13.8. The van der Waals surface area contributed by atoms with Gasteiger partial charge in [0.2, 0.25) is 0 Å². The summed E-state index contributed by atoms with van der Waals surface area (Å²) in [6, 6.07) is 6.17. The Balaban J connectivity index is 2.26. The van der Waals surface area contributed by atoms with Crippen LogP contribution in [-0.4, -0.2) is 25.2 Å². The predicted octanol–water partition coefficient (Wildman–Crippen LogP) is 3.56. The highest BCUT2D eigenvalue weighted by atomic mass is 79.9. The van der Waals surface area contributed by atoms with Crippen LogP contribution in [0.4, 0.5) is 10.1 Å². The Labute approximate surface area is 117 Å². The third-order valence-corrected chi connectivity index (χ3v) is 4.18. The fourth-order valence-electron chi connectivity index (χ4n) is 2.51. The van der Waals surface area contributed by atoms with E-state index in [0.717, 1.165) is 36.1 Å². The van der Waals surface area contributed by atoms with Gasteiger partial charge in [-0.05, 0) is 31.0 Å². The molecule has 1 heterocycles. The zero-order valence-electron chi connectivity index (χ0n) is 10.9. The van der Waals surface area contributed by atoms with Gasteiger partial charge in [0.1, 0.15) is 5.82 Å². The summed E-state index contributed by atoms with van der Waals surface area (Å²) in [4.78, 5) is 2.21. The molecular weight excluding hydrogens is 295 g/mol. The molecule has 2 atom stereocenters. The van der Waals surface area contributed by atoms with Crippen molar-refractivity contribution in [1.29, 1.82) is 0 Å². The van der Waals surface area contributed by atoms with Gasteiger partial charge >= 0.3 is 0 Å². The molecular formula is C14H20BrFN2. The lowest BCUT2D eigenvalue weighted by Crippen LogP contribution is -2.56. The first-order valence-electron chi connectivity index (χ1n) is 6.60. The van der Waals surface area contributed by atoms with Crippen LogP contribution in [-0.2, 0) is 0 Å². The van der Waals surface area contributed by atoms with Gasteiger partial charge in [0.05, 0.1) is 5.69 Å². The molecule has 100 valence electrons. The summed E-state index contributed by atoms with van der Waals surface area (Å²) >= 11 is 3.31. The number of hydrogen-bond acceptors (Lipinski definition) is 2. The molecule has 0 aromatic heterocycles. The summed E-state index contributed by atoms with van der Waals surface area (Å²) in [5.74, 6) is -0.139. The summed E-state index contributed by atoms with van der Waals surface area (Å²) < 4.78 is 14.9. The molecule has 1 aromatic carbocycles. The molecule has 1 N–H and O–H groups in total. The van der Waals surface area contributed by atoms with Crippen LogP contribution in [0.15, 0.2) is 22.7 Å². The number of rotatable bonds is 3. The average molecular weight is 315 g/mol. The van der Waals surface area contributed by atoms with Gasteiger partial charge in [-0.25, -0.2) is 4.39 Å². The summed E-state index contributed by atoms with van der Waals surface area (Å²) in [6.45, 7) is 6.14. The van der Waals surface area contributed by atoms with Crippen molar-refractivity contribution >= 4 is 21.6 Å². The topological polar surface area (TPSA) is 15.3 Å². The minimum Gasteiger partial charge on any atom is -0.363 e. The highest BCUT2D eigenvalue weighted by Crippen LogP contribution is 2.27. The number of nitrogens with one attached hydrogen (secondary N) is 1. The van der Waals surface area contributed by atoms with Crippen molar-refractivity contribution in [2.45, 2.75) is 38.8 Å². The van der Waals surface area contributed by atoms with E-state index in [1.54, 1.807) is 6.07 Å². The fourth-order valence-corrected chi connectivity index (χ4v) is 2.84.